The first kappa shape index (κ1) is 12.9. The van der Waals surface area contributed by atoms with Gasteiger partial charge in [0.1, 0.15) is 0 Å². The van der Waals surface area contributed by atoms with Gasteiger partial charge in [-0.1, -0.05) is 18.2 Å². The van der Waals surface area contributed by atoms with E-state index < -0.39 is 0 Å². The Morgan fingerprint density at radius 2 is 1.50 bits per heavy atom. The van der Waals surface area contributed by atoms with Crippen LogP contribution < -0.4 is 0 Å². The van der Waals surface area contributed by atoms with Crippen molar-refractivity contribution in [2.75, 3.05) is 0 Å². The van der Waals surface area contributed by atoms with Crippen molar-refractivity contribution < 1.29 is 0 Å². The van der Waals surface area contributed by atoms with E-state index in [1.54, 1.807) is 0 Å². The highest BCUT2D eigenvalue weighted by atomic mass is 15.3. The molecule has 2 heteroatoms. The molecule has 0 spiro atoms. The van der Waals surface area contributed by atoms with Crippen LogP contribution in [0.15, 0.2) is 18.2 Å². The Morgan fingerprint density at radius 1 is 0.944 bits per heavy atom. The molecule has 0 fully saturated rings. The second kappa shape index (κ2) is 4.60. The number of aryl methyl sites for hydroxylation is 3. The van der Waals surface area contributed by atoms with E-state index in [-0.39, 0.29) is 0 Å². The zero-order chi connectivity index (χ0) is 13.4. The highest BCUT2D eigenvalue weighted by molar-refractivity contribution is 5.74. The fourth-order valence-corrected chi connectivity index (χ4v) is 2.74. The van der Waals surface area contributed by atoms with Crippen LogP contribution in [0, 0.1) is 27.7 Å². The molecule has 0 atom stereocenters. The van der Waals surface area contributed by atoms with E-state index >= 15 is 0 Å². The molecule has 0 unspecified atom stereocenters. The molecule has 2 nitrogen and oxygen atoms in total. The standard InChI is InChI=1S/C16H22N2/c1-10(2)18-14(6)16(13(5)17-18)15-11(3)8-7-9-12(15)4/h7-10H,1-6H3. The van der Waals surface area contributed by atoms with Gasteiger partial charge in [-0.25, -0.2) is 0 Å². The minimum absolute atomic E-state index is 0.404. The monoisotopic (exact) mass is 242 g/mol. The zero-order valence-corrected chi connectivity index (χ0v) is 12.2. The molecule has 0 saturated heterocycles. The van der Waals surface area contributed by atoms with Crippen molar-refractivity contribution >= 4 is 0 Å². The molecule has 2 aromatic rings. The summed E-state index contributed by atoms with van der Waals surface area (Å²) in [5.41, 5.74) is 7.69. The number of hydrogen-bond donors (Lipinski definition) is 0. The van der Waals surface area contributed by atoms with Crippen LogP contribution in [0.1, 0.15) is 42.4 Å². The smallest absolute Gasteiger partial charge is 0.0675 e. The molecule has 18 heavy (non-hydrogen) atoms. The summed E-state index contributed by atoms with van der Waals surface area (Å²) >= 11 is 0. The zero-order valence-electron chi connectivity index (χ0n) is 12.2. The maximum Gasteiger partial charge on any atom is 0.0675 e. The summed E-state index contributed by atoms with van der Waals surface area (Å²) in [6.07, 6.45) is 0. The molecule has 1 aromatic heterocycles. The van der Waals surface area contributed by atoms with Gasteiger partial charge >= 0.3 is 0 Å². The van der Waals surface area contributed by atoms with Crippen LogP contribution in [-0.4, -0.2) is 9.78 Å². The summed E-state index contributed by atoms with van der Waals surface area (Å²) in [5, 5.41) is 4.68. The molecule has 0 saturated carbocycles. The molecule has 1 heterocycles. The first-order valence-electron chi connectivity index (χ1n) is 6.55. The van der Waals surface area contributed by atoms with Crippen molar-refractivity contribution in [3.63, 3.8) is 0 Å². The Bertz CT molecular complexity index is 557. The predicted molar refractivity (Wildman–Crippen MR) is 77.0 cm³/mol. The van der Waals surface area contributed by atoms with Gasteiger partial charge in [0, 0.05) is 17.3 Å². The number of benzene rings is 1. The summed E-state index contributed by atoms with van der Waals surface area (Å²) in [7, 11) is 0. The molecule has 0 N–H and O–H groups in total. The van der Waals surface area contributed by atoms with Crippen molar-refractivity contribution in [1.29, 1.82) is 0 Å². The molecule has 96 valence electrons. The SMILES string of the molecule is Cc1cccc(C)c1-c1c(C)nn(C(C)C)c1C. The molecular weight excluding hydrogens is 220 g/mol. The second-order valence-electron chi connectivity index (χ2n) is 5.35. The topological polar surface area (TPSA) is 17.8 Å². The third kappa shape index (κ3) is 1.96. The Labute approximate surface area is 110 Å². The van der Waals surface area contributed by atoms with Crippen LogP contribution in [0.25, 0.3) is 11.1 Å². The van der Waals surface area contributed by atoms with Gasteiger partial charge in [0.05, 0.1) is 5.69 Å². The summed E-state index contributed by atoms with van der Waals surface area (Å²) in [6.45, 7) is 13.0. The third-order valence-corrected chi connectivity index (χ3v) is 3.55. The Hall–Kier alpha value is -1.57. The van der Waals surface area contributed by atoms with Crippen molar-refractivity contribution in [2.45, 2.75) is 47.6 Å². The fourth-order valence-electron chi connectivity index (χ4n) is 2.74. The van der Waals surface area contributed by atoms with E-state index in [0.29, 0.717) is 6.04 Å². The van der Waals surface area contributed by atoms with Crippen LogP contribution in [0.4, 0.5) is 0 Å². The molecular formula is C16H22N2. The molecule has 0 bridgehead atoms. The van der Waals surface area contributed by atoms with Gasteiger partial charge in [-0.05, 0) is 58.2 Å². The summed E-state index contributed by atoms with van der Waals surface area (Å²) in [4.78, 5) is 0. The molecule has 1 aromatic carbocycles. The lowest BCUT2D eigenvalue weighted by Gasteiger charge is -2.12. The van der Waals surface area contributed by atoms with Crippen molar-refractivity contribution in [3.05, 3.63) is 40.7 Å². The third-order valence-electron chi connectivity index (χ3n) is 3.55. The van der Waals surface area contributed by atoms with E-state index in [2.05, 4.69) is 69.5 Å². The van der Waals surface area contributed by atoms with Crippen molar-refractivity contribution in [1.82, 2.24) is 9.78 Å². The first-order chi connectivity index (χ1) is 8.43. The van der Waals surface area contributed by atoms with Crippen molar-refractivity contribution in [3.8, 4) is 11.1 Å². The van der Waals surface area contributed by atoms with Crippen LogP contribution >= 0.6 is 0 Å². The average Bonchev–Trinajstić information content (AvgIpc) is 2.56. The van der Waals surface area contributed by atoms with Crippen molar-refractivity contribution in [2.24, 2.45) is 0 Å². The maximum atomic E-state index is 4.68. The second-order valence-corrected chi connectivity index (χ2v) is 5.35. The normalized spacial score (nSPS) is 11.3. The van der Waals surface area contributed by atoms with Gasteiger partial charge in [-0.3, -0.25) is 4.68 Å². The summed E-state index contributed by atoms with van der Waals surface area (Å²) < 4.78 is 2.12. The van der Waals surface area contributed by atoms with Gasteiger partial charge in [-0.2, -0.15) is 5.10 Å². The first-order valence-corrected chi connectivity index (χ1v) is 6.55. The molecule has 0 radical (unpaired) electrons. The Morgan fingerprint density at radius 3 is 1.94 bits per heavy atom. The lowest BCUT2D eigenvalue weighted by molar-refractivity contribution is 0.516. The maximum absolute atomic E-state index is 4.68. The molecule has 0 aliphatic carbocycles. The van der Waals surface area contributed by atoms with E-state index in [4.69, 9.17) is 0 Å². The lowest BCUT2D eigenvalue weighted by atomic mass is 9.94. The van der Waals surface area contributed by atoms with Crippen LogP contribution in [0.5, 0.6) is 0 Å². The highest BCUT2D eigenvalue weighted by Gasteiger charge is 2.17. The highest BCUT2D eigenvalue weighted by Crippen LogP contribution is 2.33. The number of hydrogen-bond acceptors (Lipinski definition) is 1. The fraction of sp³-hybridized carbons (Fsp3) is 0.438. The molecule has 2 rings (SSSR count). The predicted octanol–water partition coefficient (Wildman–Crippen LogP) is 4.36. The minimum Gasteiger partial charge on any atom is -0.266 e. The number of nitrogens with zero attached hydrogens (tertiary/aromatic N) is 2. The molecule has 0 aliphatic rings. The van der Waals surface area contributed by atoms with Gasteiger partial charge in [0.25, 0.3) is 0 Å². The van der Waals surface area contributed by atoms with E-state index in [1.165, 1.54) is 27.9 Å². The average molecular weight is 242 g/mol. The number of rotatable bonds is 2. The van der Waals surface area contributed by atoms with Gasteiger partial charge < -0.3 is 0 Å². The lowest BCUT2D eigenvalue weighted by Crippen LogP contribution is -2.05. The largest absolute Gasteiger partial charge is 0.266 e. The van der Waals surface area contributed by atoms with Crippen LogP contribution in [0.3, 0.4) is 0 Å². The minimum atomic E-state index is 0.404. The van der Waals surface area contributed by atoms with Gasteiger partial charge in [0.2, 0.25) is 0 Å². The Balaban J connectivity index is 2.72. The Kier molecular flexibility index (Phi) is 3.29. The van der Waals surface area contributed by atoms with Crippen LogP contribution in [0.2, 0.25) is 0 Å². The summed E-state index contributed by atoms with van der Waals surface area (Å²) in [5.74, 6) is 0. The van der Waals surface area contributed by atoms with E-state index in [0.717, 1.165) is 5.69 Å². The van der Waals surface area contributed by atoms with E-state index in [1.807, 2.05) is 0 Å². The summed E-state index contributed by atoms with van der Waals surface area (Å²) in [6, 6.07) is 6.87. The van der Waals surface area contributed by atoms with Gasteiger partial charge in [0.15, 0.2) is 0 Å². The molecule has 0 aliphatic heterocycles. The van der Waals surface area contributed by atoms with Crippen LogP contribution in [-0.2, 0) is 0 Å². The molecule has 0 amide bonds. The quantitative estimate of drug-likeness (QED) is 0.765. The van der Waals surface area contributed by atoms with Gasteiger partial charge in [-0.15, -0.1) is 0 Å². The van der Waals surface area contributed by atoms with E-state index in [9.17, 15) is 0 Å². The number of aromatic nitrogens is 2.